The molecule has 0 radical (unpaired) electrons. The number of amides is 1. The predicted octanol–water partition coefficient (Wildman–Crippen LogP) is 5.79. The summed E-state index contributed by atoms with van der Waals surface area (Å²) in [5.41, 5.74) is 2.38. The third-order valence-electron chi connectivity index (χ3n) is 8.57. The molecule has 1 aliphatic carbocycles. The fraction of sp³-hybridized carbons (Fsp3) is 0.286. The number of hydrogen-bond acceptors (Lipinski definition) is 8. The lowest BCUT2D eigenvalue weighted by molar-refractivity contribution is 0.128. The van der Waals surface area contributed by atoms with E-state index < -0.39 is 6.09 Å². The Morgan fingerprint density at radius 3 is 2.37 bits per heavy atom. The minimum atomic E-state index is -0.513. The van der Waals surface area contributed by atoms with E-state index in [1.807, 2.05) is 60.7 Å². The van der Waals surface area contributed by atoms with Crippen LogP contribution in [0.5, 0.6) is 5.75 Å². The Morgan fingerprint density at radius 1 is 0.913 bits per heavy atom. The van der Waals surface area contributed by atoms with Gasteiger partial charge in [-0.05, 0) is 54.0 Å². The van der Waals surface area contributed by atoms with Gasteiger partial charge in [-0.1, -0.05) is 72.8 Å². The van der Waals surface area contributed by atoms with Crippen molar-refractivity contribution in [3.8, 4) is 17.3 Å². The number of nitrogens with one attached hydrogen (secondary N) is 1. The van der Waals surface area contributed by atoms with Crippen LogP contribution in [0.4, 0.5) is 9.18 Å². The first kappa shape index (κ1) is 29.4. The Bertz CT molecular complexity index is 1880. The molecule has 1 N–H and O–H groups in total. The molecule has 3 aliphatic rings. The largest absolute Gasteiger partial charge is 0.481 e. The minimum absolute atomic E-state index is 0.0256. The monoisotopic (exact) mass is 621 g/mol. The number of nitrogens with zero attached hydrogens (tertiary/aromatic N) is 4. The van der Waals surface area contributed by atoms with Gasteiger partial charge in [0.25, 0.3) is 11.4 Å². The molecule has 11 heteroatoms. The molecule has 2 bridgehead atoms. The van der Waals surface area contributed by atoms with Gasteiger partial charge in [0.15, 0.2) is 5.69 Å². The van der Waals surface area contributed by atoms with Gasteiger partial charge in [-0.2, -0.15) is 0 Å². The van der Waals surface area contributed by atoms with Crippen molar-refractivity contribution in [2.75, 3.05) is 0 Å². The zero-order valence-corrected chi connectivity index (χ0v) is 25.0. The first-order valence-electron chi connectivity index (χ1n) is 15.4. The zero-order chi connectivity index (χ0) is 31.5. The molecule has 0 spiro atoms. The lowest BCUT2D eigenvalue weighted by Crippen LogP contribution is -2.42. The average molecular weight is 622 g/mol. The van der Waals surface area contributed by atoms with E-state index in [0.717, 1.165) is 29.5 Å². The maximum atomic E-state index is 14.2. The molecule has 8 rings (SSSR count). The Kier molecular flexibility index (Phi) is 8.28. The predicted molar refractivity (Wildman–Crippen MR) is 165 cm³/mol. The van der Waals surface area contributed by atoms with Gasteiger partial charge in [-0.3, -0.25) is 9.36 Å². The minimum Gasteiger partial charge on any atom is -0.481 e. The van der Waals surface area contributed by atoms with Gasteiger partial charge in [0.1, 0.15) is 24.9 Å². The van der Waals surface area contributed by atoms with Crippen LogP contribution in [0.3, 0.4) is 0 Å². The number of alkyl carbamates (subject to hydrolysis) is 1. The zero-order valence-electron chi connectivity index (χ0n) is 25.0. The van der Waals surface area contributed by atoms with Gasteiger partial charge in [-0.25, -0.2) is 14.2 Å². The van der Waals surface area contributed by atoms with Crippen LogP contribution in [-0.2, 0) is 30.9 Å². The molecule has 1 amide bonds. The number of aromatic nitrogens is 4. The molecular formula is C35H32FN5O5. The first-order valence-corrected chi connectivity index (χ1v) is 15.4. The second-order valence-electron chi connectivity index (χ2n) is 11.7. The number of halogens is 1. The van der Waals surface area contributed by atoms with Crippen LogP contribution in [0.15, 0.2) is 94.1 Å². The molecule has 3 unspecified atom stereocenters. The Labute approximate surface area is 264 Å². The van der Waals surface area contributed by atoms with Crippen LogP contribution < -0.4 is 15.6 Å². The molecule has 234 valence electrons. The molecule has 4 heterocycles. The Balaban J connectivity index is 1.20. The van der Waals surface area contributed by atoms with Crippen LogP contribution in [0.2, 0.25) is 0 Å². The van der Waals surface area contributed by atoms with Crippen molar-refractivity contribution in [3.05, 3.63) is 130 Å². The van der Waals surface area contributed by atoms with Crippen molar-refractivity contribution in [3.63, 3.8) is 0 Å². The van der Waals surface area contributed by atoms with Crippen LogP contribution >= 0.6 is 0 Å². The summed E-state index contributed by atoms with van der Waals surface area (Å²) in [7, 11) is 0. The van der Waals surface area contributed by atoms with Crippen molar-refractivity contribution < 1.29 is 23.1 Å². The van der Waals surface area contributed by atoms with Crippen LogP contribution in [-0.4, -0.2) is 31.9 Å². The van der Waals surface area contributed by atoms with Crippen LogP contribution in [0.1, 0.15) is 53.6 Å². The van der Waals surface area contributed by atoms with E-state index in [4.69, 9.17) is 18.9 Å². The quantitative estimate of drug-likeness (QED) is 0.219. The van der Waals surface area contributed by atoms with Gasteiger partial charge >= 0.3 is 6.09 Å². The Hall–Kier alpha value is -5.32. The average Bonchev–Trinajstić information content (AvgIpc) is 3.40. The van der Waals surface area contributed by atoms with E-state index >= 15 is 0 Å². The van der Waals surface area contributed by atoms with Crippen LogP contribution in [0.25, 0.3) is 11.6 Å². The second kappa shape index (κ2) is 13.0. The van der Waals surface area contributed by atoms with Crippen molar-refractivity contribution in [1.82, 2.24) is 25.1 Å². The molecular weight excluding hydrogens is 589 g/mol. The fourth-order valence-electron chi connectivity index (χ4n) is 6.28. The third kappa shape index (κ3) is 6.39. The summed E-state index contributed by atoms with van der Waals surface area (Å²) < 4.78 is 32.8. The number of hydrogen-bond donors (Lipinski definition) is 1. The third-order valence-corrected chi connectivity index (χ3v) is 8.57. The number of ether oxygens (including phenoxy) is 2. The molecule has 2 aliphatic heterocycles. The number of carbonyl (C=O) groups is 1. The molecule has 5 aromatic rings. The summed E-state index contributed by atoms with van der Waals surface area (Å²) in [5.74, 6) is 0.488. The fourth-order valence-corrected chi connectivity index (χ4v) is 6.28. The van der Waals surface area contributed by atoms with E-state index in [9.17, 15) is 14.0 Å². The smallest absolute Gasteiger partial charge is 0.407 e. The van der Waals surface area contributed by atoms with Gasteiger partial charge < -0.3 is 19.2 Å². The van der Waals surface area contributed by atoms with Crippen molar-refractivity contribution >= 4 is 6.09 Å². The molecule has 46 heavy (non-hydrogen) atoms. The van der Waals surface area contributed by atoms with Crippen molar-refractivity contribution in [2.24, 2.45) is 5.92 Å². The second-order valence-corrected chi connectivity index (χ2v) is 11.7. The number of fused-ring (bicyclic) bond motifs is 2. The molecule has 1 fully saturated rings. The van der Waals surface area contributed by atoms with Crippen LogP contribution in [0, 0.1) is 11.7 Å². The van der Waals surface area contributed by atoms with Gasteiger partial charge in [0, 0.05) is 18.5 Å². The molecule has 1 saturated carbocycles. The van der Waals surface area contributed by atoms with Gasteiger partial charge in [-0.15, -0.1) is 10.2 Å². The van der Waals surface area contributed by atoms with E-state index in [0.29, 0.717) is 18.8 Å². The van der Waals surface area contributed by atoms with E-state index in [2.05, 4.69) is 15.5 Å². The summed E-state index contributed by atoms with van der Waals surface area (Å²) in [4.78, 5) is 32.0. The first-order chi connectivity index (χ1) is 22.5. The lowest BCUT2D eigenvalue weighted by atomic mass is 9.79. The maximum Gasteiger partial charge on any atom is 0.407 e. The number of benzene rings is 3. The van der Waals surface area contributed by atoms with Gasteiger partial charge in [0.05, 0.1) is 6.42 Å². The molecule has 0 saturated heterocycles. The van der Waals surface area contributed by atoms with E-state index in [1.54, 1.807) is 16.7 Å². The number of carbonyl (C=O) groups excluding carboxylic acids is 1. The normalized spacial score (nSPS) is 18.4. The number of rotatable bonds is 9. The lowest BCUT2D eigenvalue weighted by Gasteiger charge is -2.32. The van der Waals surface area contributed by atoms with Gasteiger partial charge in [0.2, 0.25) is 11.6 Å². The highest BCUT2D eigenvalue weighted by molar-refractivity contribution is 5.68. The Morgan fingerprint density at radius 2 is 1.63 bits per heavy atom. The summed E-state index contributed by atoms with van der Waals surface area (Å²) in [6.45, 7) is 0.757. The summed E-state index contributed by atoms with van der Waals surface area (Å²) >= 11 is 0. The summed E-state index contributed by atoms with van der Waals surface area (Å²) in [6.07, 6.45) is 2.08. The van der Waals surface area contributed by atoms with Crippen molar-refractivity contribution in [2.45, 2.75) is 57.4 Å². The van der Waals surface area contributed by atoms with Crippen molar-refractivity contribution in [1.29, 1.82) is 0 Å². The molecule has 10 nitrogen and oxygen atoms in total. The summed E-state index contributed by atoms with van der Waals surface area (Å²) in [5, 5.41) is 11.5. The standard InChI is InChI=1S/C35H32FN5O5/c36-26-14-11-22(12-15-26)18-29-39-40-33(46-29)30-31(44-20-23-7-3-1-4-8-23)34(42)41-19-25-13-16-27(32(41)38-30)28(17-25)37-35(43)45-21-24-9-5-2-6-10-24/h1-12,14-15,25,27-28H,13,16-21H2,(H,37,43). The molecule has 2 aromatic heterocycles. The topological polar surface area (TPSA) is 121 Å². The van der Waals surface area contributed by atoms with E-state index in [1.165, 1.54) is 12.1 Å². The molecule has 3 atom stereocenters. The maximum absolute atomic E-state index is 14.2. The highest BCUT2D eigenvalue weighted by Crippen LogP contribution is 2.41. The SMILES string of the molecule is O=C(NC1CC2CCC1c1nc(-c3nnc(Cc4ccc(F)cc4)o3)c(OCc3ccccc3)c(=O)n1C2)OCc1ccccc1. The highest BCUT2D eigenvalue weighted by Gasteiger charge is 2.41. The molecule has 3 aromatic carbocycles. The van der Waals surface area contributed by atoms with E-state index in [-0.39, 0.29) is 72.1 Å². The summed E-state index contributed by atoms with van der Waals surface area (Å²) in [6, 6.07) is 24.8. The highest BCUT2D eigenvalue weighted by atomic mass is 19.1.